The van der Waals surface area contributed by atoms with Crippen molar-refractivity contribution in [1.82, 2.24) is 9.97 Å². The number of aromatic nitrogens is 2. The smallest absolute Gasteiger partial charge is 0.197 e. The summed E-state index contributed by atoms with van der Waals surface area (Å²) in [5.74, 6) is -0.292. The third kappa shape index (κ3) is 3.07. The van der Waals surface area contributed by atoms with Gasteiger partial charge in [-0.2, -0.15) is 0 Å². The highest BCUT2D eigenvalue weighted by Gasteiger charge is 2.17. The summed E-state index contributed by atoms with van der Waals surface area (Å²) < 4.78 is 13.0. The van der Waals surface area contributed by atoms with Crippen molar-refractivity contribution in [3.63, 3.8) is 0 Å². The third-order valence-corrected chi connectivity index (χ3v) is 2.01. The molecule has 0 saturated carbocycles. The normalized spacial score (nSPS) is 11.9. The van der Waals surface area contributed by atoms with Gasteiger partial charge in [-0.15, -0.1) is 0 Å². The zero-order valence-corrected chi connectivity index (χ0v) is 9.75. The molecule has 78 valence electrons. The molecule has 0 amide bonds. The molecular formula is C9H11Cl2FN2. The van der Waals surface area contributed by atoms with Crippen molar-refractivity contribution in [3.8, 4) is 0 Å². The highest BCUT2D eigenvalue weighted by atomic mass is 35.5. The molecule has 0 unspecified atom stereocenters. The molecule has 0 N–H and O–H groups in total. The average Bonchev–Trinajstić information content (AvgIpc) is 1.96. The van der Waals surface area contributed by atoms with E-state index in [1.165, 1.54) is 0 Å². The molecule has 1 heterocycles. The molecule has 14 heavy (non-hydrogen) atoms. The van der Waals surface area contributed by atoms with Crippen molar-refractivity contribution in [1.29, 1.82) is 0 Å². The summed E-state index contributed by atoms with van der Waals surface area (Å²) in [6.07, 6.45) is 0.604. The summed E-state index contributed by atoms with van der Waals surface area (Å²) in [7, 11) is 0. The Morgan fingerprint density at radius 1 is 1.14 bits per heavy atom. The van der Waals surface area contributed by atoms with Crippen molar-refractivity contribution >= 4 is 23.2 Å². The summed E-state index contributed by atoms with van der Waals surface area (Å²) in [6, 6.07) is 0. The first-order valence-corrected chi connectivity index (χ1v) is 4.92. The van der Waals surface area contributed by atoms with Crippen LogP contribution in [-0.2, 0) is 6.42 Å². The highest BCUT2D eigenvalue weighted by Crippen LogP contribution is 2.23. The molecule has 1 aromatic heterocycles. The van der Waals surface area contributed by atoms with Crippen molar-refractivity contribution < 1.29 is 4.39 Å². The van der Waals surface area contributed by atoms with Crippen LogP contribution in [-0.4, -0.2) is 9.97 Å². The van der Waals surface area contributed by atoms with E-state index in [2.05, 4.69) is 9.97 Å². The summed E-state index contributed by atoms with van der Waals surface area (Å²) in [5.41, 5.74) is 0.0183. The Bertz CT molecular complexity index is 324. The van der Waals surface area contributed by atoms with Gasteiger partial charge in [-0.05, 0) is 5.41 Å². The molecule has 1 rings (SSSR count). The first-order chi connectivity index (χ1) is 6.29. The summed E-state index contributed by atoms with van der Waals surface area (Å²) in [6.45, 7) is 6.09. The van der Waals surface area contributed by atoms with Gasteiger partial charge in [0.2, 0.25) is 0 Å². The molecule has 0 fully saturated rings. The first kappa shape index (κ1) is 11.7. The van der Waals surface area contributed by atoms with E-state index in [1.54, 1.807) is 0 Å². The van der Waals surface area contributed by atoms with E-state index >= 15 is 0 Å². The molecule has 0 radical (unpaired) electrons. The van der Waals surface area contributed by atoms with Crippen molar-refractivity contribution in [3.05, 3.63) is 21.9 Å². The molecule has 0 aromatic carbocycles. The number of halogens is 3. The van der Waals surface area contributed by atoms with Crippen molar-refractivity contribution in [2.45, 2.75) is 27.2 Å². The minimum atomic E-state index is -0.758. The third-order valence-electron chi connectivity index (χ3n) is 1.51. The summed E-state index contributed by atoms with van der Waals surface area (Å²) in [4.78, 5) is 7.63. The standard InChI is InChI=1S/C9H11Cl2FN2/c1-9(2,3)4-5-13-7(10)6(12)8(11)14-5/h4H2,1-3H3. The van der Waals surface area contributed by atoms with E-state index in [9.17, 15) is 4.39 Å². The zero-order valence-electron chi connectivity index (χ0n) is 8.24. The molecule has 2 nitrogen and oxygen atoms in total. The van der Waals surface area contributed by atoms with E-state index in [1.807, 2.05) is 20.8 Å². The van der Waals surface area contributed by atoms with Gasteiger partial charge in [-0.1, -0.05) is 44.0 Å². The van der Waals surface area contributed by atoms with Gasteiger partial charge in [0, 0.05) is 6.42 Å². The number of nitrogens with zero attached hydrogens (tertiary/aromatic N) is 2. The van der Waals surface area contributed by atoms with Crippen LogP contribution < -0.4 is 0 Å². The lowest BCUT2D eigenvalue weighted by molar-refractivity contribution is 0.399. The van der Waals surface area contributed by atoms with Gasteiger partial charge in [-0.25, -0.2) is 14.4 Å². The van der Waals surface area contributed by atoms with Crippen LogP contribution in [0.5, 0.6) is 0 Å². The van der Waals surface area contributed by atoms with Crippen molar-refractivity contribution in [2.75, 3.05) is 0 Å². The fourth-order valence-corrected chi connectivity index (χ4v) is 1.41. The number of hydrogen-bond acceptors (Lipinski definition) is 2. The minimum Gasteiger partial charge on any atom is -0.218 e. The lowest BCUT2D eigenvalue weighted by atomic mass is 9.92. The molecule has 0 bridgehead atoms. The van der Waals surface area contributed by atoms with Gasteiger partial charge >= 0.3 is 0 Å². The monoisotopic (exact) mass is 236 g/mol. The fourth-order valence-electron chi connectivity index (χ4n) is 0.988. The Hall–Kier alpha value is -0.410. The maximum Gasteiger partial charge on any atom is 0.197 e. The van der Waals surface area contributed by atoms with Gasteiger partial charge in [-0.3, -0.25) is 0 Å². The molecule has 0 saturated heterocycles. The second kappa shape index (κ2) is 3.99. The SMILES string of the molecule is CC(C)(C)Cc1nc(Cl)c(F)c(Cl)n1. The Morgan fingerprint density at radius 2 is 1.57 bits per heavy atom. The van der Waals surface area contributed by atoms with E-state index in [-0.39, 0.29) is 15.7 Å². The molecule has 0 aliphatic heterocycles. The van der Waals surface area contributed by atoms with E-state index in [4.69, 9.17) is 23.2 Å². The zero-order chi connectivity index (χ0) is 10.9. The van der Waals surface area contributed by atoms with E-state index < -0.39 is 5.82 Å². The van der Waals surface area contributed by atoms with E-state index in [0.717, 1.165) is 0 Å². The van der Waals surface area contributed by atoms with E-state index in [0.29, 0.717) is 12.2 Å². The maximum absolute atomic E-state index is 13.0. The molecule has 0 spiro atoms. The van der Waals surface area contributed by atoms with Gasteiger partial charge < -0.3 is 0 Å². The van der Waals surface area contributed by atoms with Crippen LogP contribution in [0.15, 0.2) is 0 Å². The molecule has 5 heteroatoms. The molecule has 0 aliphatic rings. The maximum atomic E-state index is 13.0. The van der Waals surface area contributed by atoms with Crippen LogP contribution in [0.4, 0.5) is 4.39 Å². The van der Waals surface area contributed by atoms with Gasteiger partial charge in [0.05, 0.1) is 0 Å². The van der Waals surface area contributed by atoms with Crippen LogP contribution in [0.2, 0.25) is 10.3 Å². The van der Waals surface area contributed by atoms with Gasteiger partial charge in [0.1, 0.15) is 5.82 Å². The second-order valence-electron chi connectivity index (χ2n) is 4.27. The molecule has 0 atom stereocenters. The van der Waals surface area contributed by atoms with Crippen LogP contribution in [0, 0.1) is 11.2 Å². The Kier molecular flexibility index (Phi) is 3.32. The molecule has 0 aliphatic carbocycles. The lowest BCUT2D eigenvalue weighted by Gasteiger charge is -2.16. The van der Waals surface area contributed by atoms with Crippen LogP contribution in [0.1, 0.15) is 26.6 Å². The Balaban J connectivity index is 3.02. The van der Waals surface area contributed by atoms with Crippen LogP contribution in [0.3, 0.4) is 0 Å². The largest absolute Gasteiger partial charge is 0.218 e. The summed E-state index contributed by atoms with van der Waals surface area (Å²) >= 11 is 11.1. The van der Waals surface area contributed by atoms with Crippen molar-refractivity contribution in [2.24, 2.45) is 5.41 Å². The average molecular weight is 237 g/mol. The predicted molar refractivity (Wildman–Crippen MR) is 55.2 cm³/mol. The topological polar surface area (TPSA) is 25.8 Å². The predicted octanol–water partition coefficient (Wildman–Crippen LogP) is 3.51. The van der Waals surface area contributed by atoms with Crippen LogP contribution in [0.25, 0.3) is 0 Å². The molecule has 1 aromatic rings. The first-order valence-electron chi connectivity index (χ1n) is 4.17. The van der Waals surface area contributed by atoms with Gasteiger partial charge in [0.15, 0.2) is 16.1 Å². The lowest BCUT2D eigenvalue weighted by Crippen LogP contribution is -2.12. The highest BCUT2D eigenvalue weighted by molar-refractivity contribution is 6.33. The Labute approximate surface area is 92.5 Å². The Morgan fingerprint density at radius 3 is 1.93 bits per heavy atom. The number of rotatable bonds is 1. The second-order valence-corrected chi connectivity index (χ2v) is 4.99. The van der Waals surface area contributed by atoms with Gasteiger partial charge in [0.25, 0.3) is 0 Å². The molecular weight excluding hydrogens is 226 g/mol. The number of hydrogen-bond donors (Lipinski definition) is 0. The quantitative estimate of drug-likeness (QED) is 0.698. The van der Waals surface area contributed by atoms with Crippen LogP contribution >= 0.6 is 23.2 Å². The summed E-state index contributed by atoms with van der Waals surface area (Å²) in [5, 5.41) is -0.437. The fraction of sp³-hybridized carbons (Fsp3) is 0.556. The minimum absolute atomic E-state index is 0.0183.